The topological polar surface area (TPSA) is 46.0 Å². The molecule has 0 amide bonds. The molecule has 5 rings (SSSR count). The van der Waals surface area contributed by atoms with Gasteiger partial charge in [-0.25, -0.2) is 0 Å². The Hall–Kier alpha value is -0.940. The number of fused-ring (bicyclic) bond motifs is 3. The van der Waals surface area contributed by atoms with Crippen molar-refractivity contribution in [2.45, 2.75) is 57.5 Å². The van der Waals surface area contributed by atoms with Gasteiger partial charge in [-0.3, -0.25) is 0 Å². The predicted molar refractivity (Wildman–Crippen MR) is 89.1 cm³/mol. The lowest BCUT2D eigenvalue weighted by molar-refractivity contribution is 0.153. The summed E-state index contributed by atoms with van der Waals surface area (Å²) in [5.74, 6) is 6.19. The van der Waals surface area contributed by atoms with Crippen molar-refractivity contribution in [2.24, 2.45) is 17.8 Å². The van der Waals surface area contributed by atoms with Crippen LogP contribution in [0.15, 0.2) is 0 Å². The number of likely N-dealkylation sites (tertiary alicyclic amines) is 1. The molecule has 0 aromatic carbocycles. The number of nitrogens with zero attached hydrogens (tertiary/aromatic N) is 4. The highest BCUT2D eigenvalue weighted by Gasteiger charge is 2.40. The first-order valence-corrected chi connectivity index (χ1v) is 9.72. The van der Waals surface area contributed by atoms with Crippen molar-refractivity contribution in [3.63, 3.8) is 0 Å². The molecule has 5 heteroatoms. The second-order valence-corrected chi connectivity index (χ2v) is 8.31. The van der Waals surface area contributed by atoms with Gasteiger partial charge < -0.3 is 14.8 Å². The second-order valence-electron chi connectivity index (χ2n) is 8.31. The lowest BCUT2D eigenvalue weighted by atomic mass is 9.87. The molecule has 3 heterocycles. The van der Waals surface area contributed by atoms with Gasteiger partial charge in [-0.05, 0) is 62.9 Å². The van der Waals surface area contributed by atoms with Crippen molar-refractivity contribution in [1.29, 1.82) is 0 Å². The van der Waals surface area contributed by atoms with E-state index in [4.69, 9.17) is 0 Å². The average molecular weight is 315 g/mol. The van der Waals surface area contributed by atoms with Gasteiger partial charge >= 0.3 is 0 Å². The molecular weight excluding hydrogens is 286 g/mol. The van der Waals surface area contributed by atoms with E-state index in [9.17, 15) is 0 Å². The highest BCUT2D eigenvalue weighted by Crippen LogP contribution is 2.48. The first-order chi connectivity index (χ1) is 11.4. The summed E-state index contributed by atoms with van der Waals surface area (Å²) < 4.78 is 2.38. The van der Waals surface area contributed by atoms with Crippen molar-refractivity contribution in [2.75, 3.05) is 26.2 Å². The normalized spacial score (nSPS) is 34.9. The van der Waals surface area contributed by atoms with Crippen LogP contribution in [0.2, 0.25) is 0 Å². The maximum absolute atomic E-state index is 4.54. The first-order valence-electron chi connectivity index (χ1n) is 9.72. The molecular formula is C18H29N5. The Morgan fingerprint density at radius 3 is 2.70 bits per heavy atom. The highest BCUT2D eigenvalue weighted by atomic mass is 15.3. The molecule has 1 aromatic rings. The molecule has 3 fully saturated rings. The van der Waals surface area contributed by atoms with Crippen LogP contribution < -0.4 is 5.32 Å². The number of hydrogen-bond acceptors (Lipinski definition) is 4. The Morgan fingerprint density at radius 2 is 1.91 bits per heavy atom. The Balaban J connectivity index is 1.19. The fourth-order valence-electron chi connectivity index (χ4n) is 5.72. The Kier molecular flexibility index (Phi) is 3.66. The molecule has 1 N–H and O–H groups in total. The van der Waals surface area contributed by atoms with Crippen LogP contribution in [-0.2, 0) is 13.1 Å². The minimum atomic E-state index is 0.630. The number of piperidine rings is 1. The SMILES string of the molecule is C1Cn2c(nnc2C2CCN(CC3CC4CCC3C4)CC2)CN1. The maximum Gasteiger partial charge on any atom is 0.147 e. The molecule has 2 aliphatic carbocycles. The number of hydrogen-bond donors (Lipinski definition) is 1. The van der Waals surface area contributed by atoms with Gasteiger partial charge in [0.25, 0.3) is 0 Å². The summed E-state index contributed by atoms with van der Waals surface area (Å²) in [6.45, 7) is 6.88. The monoisotopic (exact) mass is 315 g/mol. The number of aromatic nitrogens is 3. The number of nitrogens with one attached hydrogen (secondary N) is 1. The van der Waals surface area contributed by atoms with Crippen LogP contribution >= 0.6 is 0 Å². The van der Waals surface area contributed by atoms with Gasteiger partial charge in [0.1, 0.15) is 11.6 Å². The van der Waals surface area contributed by atoms with Crippen LogP contribution in [0.4, 0.5) is 0 Å². The third kappa shape index (κ3) is 2.62. The minimum absolute atomic E-state index is 0.630. The van der Waals surface area contributed by atoms with Crippen LogP contribution in [0.3, 0.4) is 0 Å². The standard InChI is InChI=1S/C18H29N5/c1-2-15-9-13(1)10-16(15)12-22-6-3-14(4-7-22)18-21-20-17-11-19-5-8-23(17)18/h13-16,19H,1-12H2. The summed E-state index contributed by atoms with van der Waals surface area (Å²) in [4.78, 5) is 2.75. The third-order valence-corrected chi connectivity index (χ3v) is 6.98. The molecule has 23 heavy (non-hydrogen) atoms. The van der Waals surface area contributed by atoms with E-state index >= 15 is 0 Å². The fraction of sp³-hybridized carbons (Fsp3) is 0.889. The van der Waals surface area contributed by atoms with E-state index in [2.05, 4.69) is 25.0 Å². The molecule has 3 atom stereocenters. The van der Waals surface area contributed by atoms with Gasteiger partial charge in [-0.1, -0.05) is 6.42 Å². The van der Waals surface area contributed by atoms with Crippen LogP contribution in [0.1, 0.15) is 56.1 Å². The average Bonchev–Trinajstić information content (AvgIpc) is 3.30. The fourth-order valence-corrected chi connectivity index (χ4v) is 5.72. The summed E-state index contributed by atoms with van der Waals surface area (Å²) >= 11 is 0. The van der Waals surface area contributed by atoms with Crippen molar-refractivity contribution >= 4 is 0 Å². The van der Waals surface area contributed by atoms with Crippen molar-refractivity contribution < 1.29 is 0 Å². The Morgan fingerprint density at radius 1 is 1.00 bits per heavy atom. The zero-order chi connectivity index (χ0) is 15.2. The van der Waals surface area contributed by atoms with Crippen molar-refractivity contribution in [3.8, 4) is 0 Å². The van der Waals surface area contributed by atoms with Gasteiger partial charge in [0.2, 0.25) is 0 Å². The molecule has 4 aliphatic rings. The highest BCUT2D eigenvalue weighted by molar-refractivity contribution is 5.06. The van der Waals surface area contributed by atoms with E-state index in [-0.39, 0.29) is 0 Å². The molecule has 1 saturated heterocycles. The van der Waals surface area contributed by atoms with Gasteiger partial charge in [-0.2, -0.15) is 0 Å². The second kappa shape index (κ2) is 5.85. The van der Waals surface area contributed by atoms with Gasteiger partial charge in [0, 0.05) is 25.6 Å². The predicted octanol–water partition coefficient (Wildman–Crippen LogP) is 2.00. The molecule has 0 radical (unpaired) electrons. The summed E-state index contributed by atoms with van der Waals surface area (Å²) in [5.41, 5.74) is 0. The molecule has 2 saturated carbocycles. The van der Waals surface area contributed by atoms with Gasteiger partial charge in [-0.15, -0.1) is 10.2 Å². The molecule has 3 unspecified atom stereocenters. The summed E-state index contributed by atoms with van der Waals surface area (Å²) in [6, 6.07) is 0. The molecule has 0 spiro atoms. The van der Waals surface area contributed by atoms with Gasteiger partial charge in [0.05, 0.1) is 6.54 Å². The van der Waals surface area contributed by atoms with Gasteiger partial charge in [0.15, 0.2) is 0 Å². The smallest absolute Gasteiger partial charge is 0.147 e. The number of rotatable bonds is 3. The van der Waals surface area contributed by atoms with E-state index < -0.39 is 0 Å². The minimum Gasteiger partial charge on any atom is -0.312 e. The van der Waals surface area contributed by atoms with Crippen LogP contribution in [0.5, 0.6) is 0 Å². The quantitative estimate of drug-likeness (QED) is 0.927. The maximum atomic E-state index is 4.54. The van der Waals surface area contributed by atoms with Crippen LogP contribution in [0, 0.1) is 17.8 Å². The van der Waals surface area contributed by atoms with E-state index in [0.717, 1.165) is 43.2 Å². The van der Waals surface area contributed by atoms with Crippen LogP contribution in [-0.4, -0.2) is 45.8 Å². The lowest BCUT2D eigenvalue weighted by Gasteiger charge is -2.35. The molecule has 126 valence electrons. The Bertz CT molecular complexity index is 560. The van der Waals surface area contributed by atoms with E-state index in [1.165, 1.54) is 57.6 Å². The zero-order valence-corrected chi connectivity index (χ0v) is 14.1. The Labute approximate surface area is 138 Å². The van der Waals surface area contributed by atoms with E-state index in [1.54, 1.807) is 6.42 Å². The molecule has 2 bridgehead atoms. The lowest BCUT2D eigenvalue weighted by Crippen LogP contribution is -2.38. The van der Waals surface area contributed by atoms with E-state index in [0.29, 0.717) is 5.92 Å². The van der Waals surface area contributed by atoms with Crippen molar-refractivity contribution in [1.82, 2.24) is 25.0 Å². The first kappa shape index (κ1) is 14.4. The molecule has 1 aromatic heterocycles. The summed E-state index contributed by atoms with van der Waals surface area (Å²) in [5, 5.41) is 12.3. The third-order valence-electron chi connectivity index (χ3n) is 6.98. The summed E-state index contributed by atoms with van der Waals surface area (Å²) in [6.07, 6.45) is 8.65. The zero-order valence-electron chi connectivity index (χ0n) is 14.1. The molecule has 2 aliphatic heterocycles. The van der Waals surface area contributed by atoms with Crippen molar-refractivity contribution in [3.05, 3.63) is 11.6 Å². The summed E-state index contributed by atoms with van der Waals surface area (Å²) in [7, 11) is 0. The largest absolute Gasteiger partial charge is 0.312 e. The van der Waals surface area contributed by atoms with E-state index in [1.807, 2.05) is 0 Å². The molecule has 5 nitrogen and oxygen atoms in total. The van der Waals surface area contributed by atoms with Crippen LogP contribution in [0.25, 0.3) is 0 Å².